The summed E-state index contributed by atoms with van der Waals surface area (Å²) in [5.74, 6) is -1.11. The Hall–Kier alpha value is -3.36. The molecular formula is C24H23N3O4S. The van der Waals surface area contributed by atoms with Crippen LogP contribution in [0.3, 0.4) is 0 Å². The third-order valence-electron chi connectivity index (χ3n) is 5.49. The lowest BCUT2D eigenvalue weighted by molar-refractivity contribution is 0.0638. The Kier molecular flexibility index (Phi) is 6.16. The van der Waals surface area contributed by atoms with E-state index in [1.54, 1.807) is 13.2 Å². The van der Waals surface area contributed by atoms with Crippen LogP contribution in [-0.4, -0.2) is 47.9 Å². The quantitative estimate of drug-likeness (QED) is 0.429. The number of nitrogens with zero attached hydrogens (tertiary/aromatic N) is 2. The SMILES string of the molecule is COCCCN1C(=O)c2ccc(C(=O)Nc3nc(-c4ccc(C)c(C)c4)cs3)cc2C1=O. The Bertz CT molecular complexity index is 1220. The van der Waals surface area contributed by atoms with Gasteiger partial charge in [-0.2, -0.15) is 0 Å². The summed E-state index contributed by atoms with van der Waals surface area (Å²) >= 11 is 1.33. The lowest BCUT2D eigenvalue weighted by Crippen LogP contribution is -2.31. The number of thiazole rings is 1. The Morgan fingerprint density at radius 3 is 2.59 bits per heavy atom. The van der Waals surface area contributed by atoms with Gasteiger partial charge in [-0.1, -0.05) is 12.1 Å². The standard InChI is InChI=1S/C24H23N3O4S/c1-14-5-6-16(11-15(14)2)20-13-32-24(25-20)26-21(28)17-7-8-18-19(12-17)23(30)27(22(18)29)9-4-10-31-3/h5-8,11-13H,4,9-10H2,1-3H3,(H,25,26,28). The van der Waals surface area contributed by atoms with Gasteiger partial charge in [-0.05, 0) is 55.7 Å². The smallest absolute Gasteiger partial charge is 0.261 e. The van der Waals surface area contributed by atoms with Crippen molar-refractivity contribution in [3.8, 4) is 11.3 Å². The van der Waals surface area contributed by atoms with Crippen LogP contribution in [0.1, 0.15) is 48.6 Å². The minimum absolute atomic E-state index is 0.245. The summed E-state index contributed by atoms with van der Waals surface area (Å²) in [5.41, 5.74) is 5.01. The second-order valence-electron chi connectivity index (χ2n) is 7.66. The Balaban J connectivity index is 1.49. The molecule has 32 heavy (non-hydrogen) atoms. The normalized spacial score (nSPS) is 12.9. The fourth-order valence-electron chi connectivity index (χ4n) is 3.54. The molecule has 1 N–H and O–H groups in total. The topological polar surface area (TPSA) is 88.6 Å². The van der Waals surface area contributed by atoms with Crippen LogP contribution in [0.2, 0.25) is 0 Å². The first kappa shape index (κ1) is 21.9. The number of imide groups is 1. The van der Waals surface area contributed by atoms with Crippen LogP contribution < -0.4 is 5.32 Å². The van der Waals surface area contributed by atoms with E-state index >= 15 is 0 Å². The molecule has 1 aromatic heterocycles. The largest absolute Gasteiger partial charge is 0.385 e. The minimum Gasteiger partial charge on any atom is -0.385 e. The van der Waals surface area contributed by atoms with Crippen LogP contribution in [-0.2, 0) is 4.74 Å². The first-order valence-electron chi connectivity index (χ1n) is 10.2. The van der Waals surface area contributed by atoms with Gasteiger partial charge in [0.2, 0.25) is 0 Å². The summed E-state index contributed by atoms with van der Waals surface area (Å²) in [7, 11) is 1.57. The highest BCUT2D eigenvalue weighted by molar-refractivity contribution is 7.14. The summed E-state index contributed by atoms with van der Waals surface area (Å²) < 4.78 is 4.99. The number of fused-ring (bicyclic) bond motifs is 1. The number of carbonyl (C=O) groups is 3. The average Bonchev–Trinajstić information content (AvgIpc) is 3.34. The van der Waals surface area contributed by atoms with E-state index in [4.69, 9.17) is 4.74 Å². The predicted molar refractivity (Wildman–Crippen MR) is 123 cm³/mol. The number of rotatable bonds is 7. The zero-order valence-corrected chi connectivity index (χ0v) is 18.9. The molecule has 0 radical (unpaired) electrons. The predicted octanol–water partition coefficient (Wildman–Crippen LogP) is 4.31. The molecule has 8 heteroatoms. The molecule has 0 aliphatic carbocycles. The van der Waals surface area contributed by atoms with Gasteiger partial charge in [0.15, 0.2) is 5.13 Å². The van der Waals surface area contributed by atoms with E-state index in [9.17, 15) is 14.4 Å². The number of benzene rings is 2. The molecule has 0 unspecified atom stereocenters. The second kappa shape index (κ2) is 9.02. The molecule has 0 fully saturated rings. The van der Waals surface area contributed by atoms with Crippen molar-refractivity contribution in [1.29, 1.82) is 0 Å². The Labute approximate surface area is 190 Å². The van der Waals surface area contributed by atoms with Gasteiger partial charge < -0.3 is 4.74 Å². The number of aromatic nitrogens is 1. The van der Waals surface area contributed by atoms with E-state index in [0.717, 1.165) is 11.3 Å². The van der Waals surface area contributed by atoms with Crippen LogP contribution in [0, 0.1) is 13.8 Å². The van der Waals surface area contributed by atoms with Crippen molar-refractivity contribution < 1.29 is 19.1 Å². The highest BCUT2D eigenvalue weighted by Crippen LogP contribution is 2.28. The van der Waals surface area contributed by atoms with Gasteiger partial charge >= 0.3 is 0 Å². The number of ether oxygens (including phenoxy) is 1. The molecule has 1 aliphatic heterocycles. The van der Waals surface area contributed by atoms with Gasteiger partial charge in [-0.25, -0.2) is 4.98 Å². The summed E-state index contributed by atoms with van der Waals surface area (Å²) in [4.78, 5) is 43.7. The van der Waals surface area contributed by atoms with E-state index in [0.29, 0.717) is 29.3 Å². The van der Waals surface area contributed by atoms with E-state index < -0.39 is 0 Å². The number of aryl methyl sites for hydroxylation is 2. The number of anilines is 1. The molecule has 2 aromatic carbocycles. The van der Waals surface area contributed by atoms with Gasteiger partial charge in [0.1, 0.15) is 0 Å². The van der Waals surface area contributed by atoms with Crippen molar-refractivity contribution >= 4 is 34.2 Å². The zero-order chi connectivity index (χ0) is 22.8. The van der Waals surface area contributed by atoms with Crippen LogP contribution >= 0.6 is 11.3 Å². The maximum atomic E-state index is 12.8. The lowest BCUT2D eigenvalue weighted by atomic mass is 10.1. The maximum absolute atomic E-state index is 12.8. The molecule has 4 rings (SSSR count). The third kappa shape index (κ3) is 4.19. The van der Waals surface area contributed by atoms with E-state index in [-0.39, 0.29) is 29.8 Å². The van der Waals surface area contributed by atoms with Crippen molar-refractivity contribution in [2.24, 2.45) is 0 Å². The van der Waals surface area contributed by atoms with Crippen molar-refractivity contribution in [3.63, 3.8) is 0 Å². The summed E-state index contributed by atoms with van der Waals surface area (Å²) in [6, 6.07) is 10.7. The van der Waals surface area contributed by atoms with E-state index in [2.05, 4.69) is 23.3 Å². The Morgan fingerprint density at radius 1 is 1.06 bits per heavy atom. The van der Waals surface area contributed by atoms with Gasteiger partial charge in [-0.3, -0.25) is 24.6 Å². The van der Waals surface area contributed by atoms with Crippen LogP contribution in [0.4, 0.5) is 5.13 Å². The minimum atomic E-state index is -0.387. The van der Waals surface area contributed by atoms with Crippen molar-refractivity contribution in [1.82, 2.24) is 9.88 Å². The average molecular weight is 450 g/mol. The molecular weight excluding hydrogens is 426 g/mol. The van der Waals surface area contributed by atoms with Crippen molar-refractivity contribution in [2.75, 3.05) is 25.6 Å². The fourth-order valence-corrected chi connectivity index (χ4v) is 4.25. The number of nitrogens with one attached hydrogen (secondary N) is 1. The number of methoxy groups -OCH3 is 1. The molecule has 0 saturated heterocycles. The van der Waals surface area contributed by atoms with Gasteiger partial charge in [-0.15, -0.1) is 11.3 Å². The first-order chi connectivity index (χ1) is 15.4. The van der Waals surface area contributed by atoms with Crippen molar-refractivity contribution in [3.05, 3.63) is 69.6 Å². The molecule has 164 valence electrons. The lowest BCUT2D eigenvalue weighted by Gasteiger charge is -2.12. The van der Waals surface area contributed by atoms with Crippen molar-refractivity contribution in [2.45, 2.75) is 20.3 Å². The maximum Gasteiger partial charge on any atom is 0.261 e. The summed E-state index contributed by atoms with van der Waals surface area (Å²) in [6.07, 6.45) is 0.558. The molecule has 0 spiro atoms. The number of hydrogen-bond acceptors (Lipinski definition) is 6. The molecule has 0 atom stereocenters. The second-order valence-corrected chi connectivity index (χ2v) is 8.52. The first-order valence-corrected chi connectivity index (χ1v) is 11.1. The van der Waals surface area contributed by atoms with E-state index in [1.165, 1.54) is 39.5 Å². The molecule has 1 aliphatic rings. The van der Waals surface area contributed by atoms with Crippen LogP contribution in [0.25, 0.3) is 11.3 Å². The molecule has 2 heterocycles. The highest BCUT2D eigenvalue weighted by atomic mass is 32.1. The van der Waals surface area contributed by atoms with Crippen LogP contribution in [0.5, 0.6) is 0 Å². The highest BCUT2D eigenvalue weighted by Gasteiger charge is 2.35. The zero-order valence-electron chi connectivity index (χ0n) is 18.1. The molecule has 0 bridgehead atoms. The van der Waals surface area contributed by atoms with Gasteiger partial charge in [0.05, 0.1) is 16.8 Å². The monoisotopic (exact) mass is 449 g/mol. The summed E-state index contributed by atoms with van der Waals surface area (Å²) in [6.45, 7) is 4.84. The Morgan fingerprint density at radius 2 is 1.84 bits per heavy atom. The van der Waals surface area contributed by atoms with Gasteiger partial charge in [0, 0.05) is 36.8 Å². The number of amides is 3. The number of hydrogen-bond donors (Lipinski definition) is 1. The molecule has 3 amide bonds. The fraction of sp³-hybridized carbons (Fsp3) is 0.250. The number of carbonyl (C=O) groups excluding carboxylic acids is 3. The van der Waals surface area contributed by atoms with Gasteiger partial charge in [0.25, 0.3) is 17.7 Å². The molecule has 7 nitrogen and oxygen atoms in total. The molecule has 0 saturated carbocycles. The van der Waals surface area contributed by atoms with E-state index in [1.807, 2.05) is 24.4 Å². The van der Waals surface area contributed by atoms with Crippen LogP contribution in [0.15, 0.2) is 41.8 Å². The molecule has 3 aromatic rings. The third-order valence-corrected chi connectivity index (χ3v) is 6.25. The summed E-state index contributed by atoms with van der Waals surface area (Å²) in [5, 5.41) is 5.14.